The molecule has 2 heterocycles. The fraction of sp³-hybridized carbons (Fsp3) is 0.222. The van der Waals surface area contributed by atoms with Crippen molar-refractivity contribution in [1.82, 2.24) is 20.2 Å². The first-order chi connectivity index (χ1) is 12.7. The van der Waals surface area contributed by atoms with Crippen LogP contribution in [-0.2, 0) is 6.42 Å². The number of nitrogens with zero attached hydrogens (tertiary/aromatic N) is 4. The van der Waals surface area contributed by atoms with Gasteiger partial charge in [-0.3, -0.25) is 0 Å². The second-order valence-electron chi connectivity index (χ2n) is 5.26. The summed E-state index contributed by atoms with van der Waals surface area (Å²) in [6.45, 7) is 0.495. The highest BCUT2D eigenvalue weighted by Gasteiger charge is 2.14. The molecule has 0 amide bonds. The topological polar surface area (TPSA) is 79.2 Å². The Labute approximate surface area is 159 Å². The molecule has 0 aliphatic carbocycles. The zero-order valence-corrected chi connectivity index (χ0v) is 15.9. The maximum atomic E-state index is 5.73. The lowest BCUT2D eigenvalue weighted by Crippen LogP contribution is -2.04. The van der Waals surface area contributed by atoms with E-state index in [2.05, 4.69) is 36.1 Å². The molecule has 0 N–H and O–H groups in total. The van der Waals surface area contributed by atoms with Gasteiger partial charge in [-0.25, -0.2) is 4.98 Å². The summed E-state index contributed by atoms with van der Waals surface area (Å²) in [6.07, 6.45) is 5.57. The molecule has 0 saturated heterocycles. The number of halogens is 1. The van der Waals surface area contributed by atoms with Gasteiger partial charge in [0.25, 0.3) is 0 Å². The van der Waals surface area contributed by atoms with Gasteiger partial charge in [-0.15, -0.1) is 0 Å². The van der Waals surface area contributed by atoms with Gasteiger partial charge >= 0.3 is 6.01 Å². The van der Waals surface area contributed by atoms with E-state index in [9.17, 15) is 0 Å². The number of hydrogen-bond acceptors (Lipinski definition) is 7. The van der Waals surface area contributed by atoms with Crippen molar-refractivity contribution in [2.75, 3.05) is 20.8 Å². The van der Waals surface area contributed by atoms with E-state index in [-0.39, 0.29) is 6.01 Å². The minimum absolute atomic E-state index is 0.262. The van der Waals surface area contributed by atoms with Gasteiger partial charge in [0.2, 0.25) is 5.88 Å². The molecular formula is C18H17BrN4O3. The van der Waals surface area contributed by atoms with Crippen LogP contribution >= 0.6 is 15.9 Å². The summed E-state index contributed by atoms with van der Waals surface area (Å²) < 4.78 is 17.2. The summed E-state index contributed by atoms with van der Waals surface area (Å²) in [5, 5.41) is 7.54. The van der Waals surface area contributed by atoms with Gasteiger partial charge in [-0.2, -0.15) is 15.2 Å². The van der Waals surface area contributed by atoms with Gasteiger partial charge in [0, 0.05) is 23.2 Å². The number of rotatable bonds is 7. The lowest BCUT2D eigenvalue weighted by Gasteiger charge is -2.14. The Kier molecular flexibility index (Phi) is 5.96. The minimum atomic E-state index is 0.262. The fourth-order valence-electron chi connectivity index (χ4n) is 2.46. The molecule has 3 aromatic rings. The highest BCUT2D eigenvalue weighted by Crippen LogP contribution is 2.33. The first kappa shape index (κ1) is 18.1. The number of benzene rings is 1. The molecule has 0 aliphatic rings. The van der Waals surface area contributed by atoms with E-state index in [0.717, 1.165) is 21.2 Å². The van der Waals surface area contributed by atoms with Crippen molar-refractivity contribution in [2.24, 2.45) is 0 Å². The van der Waals surface area contributed by atoms with Crippen LogP contribution in [0.5, 0.6) is 17.6 Å². The molecule has 134 valence electrons. The quantitative estimate of drug-likeness (QED) is 0.584. The minimum Gasteiger partial charge on any atom is -0.492 e. The molecule has 0 aliphatic heterocycles. The van der Waals surface area contributed by atoms with Crippen LogP contribution in [0.3, 0.4) is 0 Å². The third-order valence-corrected chi connectivity index (χ3v) is 4.16. The second kappa shape index (κ2) is 8.57. The summed E-state index contributed by atoms with van der Waals surface area (Å²) >= 11 is 3.52. The van der Waals surface area contributed by atoms with E-state index in [1.807, 2.05) is 18.2 Å². The van der Waals surface area contributed by atoms with Crippen LogP contribution in [-0.4, -0.2) is 41.0 Å². The van der Waals surface area contributed by atoms with Crippen LogP contribution in [0.2, 0.25) is 0 Å². The maximum absolute atomic E-state index is 5.73. The highest BCUT2D eigenvalue weighted by molar-refractivity contribution is 9.10. The molecular weight excluding hydrogens is 400 g/mol. The molecule has 0 spiro atoms. The number of ether oxygens (including phenoxy) is 3. The van der Waals surface area contributed by atoms with E-state index in [0.29, 0.717) is 24.7 Å². The van der Waals surface area contributed by atoms with E-state index < -0.39 is 0 Å². The Bertz CT molecular complexity index is 878. The molecule has 3 rings (SSSR count). The van der Waals surface area contributed by atoms with Crippen molar-refractivity contribution in [2.45, 2.75) is 6.42 Å². The highest BCUT2D eigenvalue weighted by atomic mass is 79.9. The summed E-state index contributed by atoms with van der Waals surface area (Å²) in [6, 6.07) is 8.05. The molecule has 2 aromatic heterocycles. The monoisotopic (exact) mass is 416 g/mol. The second-order valence-corrected chi connectivity index (χ2v) is 6.17. The number of hydrogen-bond donors (Lipinski definition) is 0. The van der Waals surface area contributed by atoms with Crippen LogP contribution < -0.4 is 14.2 Å². The van der Waals surface area contributed by atoms with E-state index in [1.165, 1.54) is 7.11 Å². The Morgan fingerprint density at radius 2 is 1.88 bits per heavy atom. The average Bonchev–Trinajstić information content (AvgIpc) is 2.68. The Morgan fingerprint density at radius 1 is 1.00 bits per heavy atom. The molecule has 0 bridgehead atoms. The average molecular weight is 417 g/mol. The van der Waals surface area contributed by atoms with Crippen molar-refractivity contribution < 1.29 is 14.2 Å². The fourth-order valence-corrected chi connectivity index (χ4v) is 2.87. The third kappa shape index (κ3) is 4.26. The Morgan fingerprint density at radius 3 is 2.62 bits per heavy atom. The summed E-state index contributed by atoms with van der Waals surface area (Å²) in [5.74, 6) is 1.14. The van der Waals surface area contributed by atoms with Crippen molar-refractivity contribution >= 4 is 15.9 Å². The zero-order valence-electron chi connectivity index (χ0n) is 14.3. The summed E-state index contributed by atoms with van der Waals surface area (Å²) in [7, 11) is 3.09. The molecule has 0 saturated carbocycles. The molecule has 0 radical (unpaired) electrons. The van der Waals surface area contributed by atoms with Gasteiger partial charge in [0.15, 0.2) is 0 Å². The Balaban J connectivity index is 1.86. The predicted octanol–water partition coefficient (Wildman–Crippen LogP) is 3.33. The lowest BCUT2D eigenvalue weighted by atomic mass is 9.99. The van der Waals surface area contributed by atoms with Crippen molar-refractivity contribution in [3.63, 3.8) is 0 Å². The summed E-state index contributed by atoms with van der Waals surface area (Å²) in [5.41, 5.74) is 2.85. The van der Waals surface area contributed by atoms with Gasteiger partial charge in [-0.05, 0) is 23.3 Å². The van der Waals surface area contributed by atoms with Crippen molar-refractivity contribution in [1.29, 1.82) is 0 Å². The molecule has 8 heteroatoms. The van der Waals surface area contributed by atoms with E-state index in [1.54, 1.807) is 31.8 Å². The molecule has 0 atom stereocenters. The standard InChI is InChI=1S/C18H17BrN4O3/c1-24-17-16(11-20-18(23-17)25-2)15-4-3-13(19)9-12(15)6-8-26-14-5-7-21-22-10-14/h3-5,7,9-11H,6,8H2,1-2H3. The first-order valence-electron chi connectivity index (χ1n) is 7.84. The molecule has 1 aromatic carbocycles. The number of methoxy groups -OCH3 is 2. The van der Waals surface area contributed by atoms with Gasteiger partial charge in [0.05, 0.1) is 38.8 Å². The zero-order chi connectivity index (χ0) is 18.4. The lowest BCUT2D eigenvalue weighted by molar-refractivity contribution is 0.320. The van der Waals surface area contributed by atoms with Crippen LogP contribution in [0.4, 0.5) is 0 Å². The molecule has 0 unspecified atom stereocenters. The number of aromatic nitrogens is 4. The van der Waals surface area contributed by atoms with Gasteiger partial charge in [0.1, 0.15) is 5.75 Å². The normalized spacial score (nSPS) is 10.4. The Hall–Kier alpha value is -2.74. The third-order valence-electron chi connectivity index (χ3n) is 3.66. The molecule has 26 heavy (non-hydrogen) atoms. The van der Waals surface area contributed by atoms with E-state index >= 15 is 0 Å². The first-order valence-corrected chi connectivity index (χ1v) is 8.64. The predicted molar refractivity (Wildman–Crippen MR) is 99.5 cm³/mol. The summed E-state index contributed by atoms with van der Waals surface area (Å²) in [4.78, 5) is 8.47. The smallest absolute Gasteiger partial charge is 0.319 e. The van der Waals surface area contributed by atoms with Gasteiger partial charge in [-0.1, -0.05) is 22.0 Å². The van der Waals surface area contributed by atoms with Crippen molar-refractivity contribution in [3.8, 4) is 28.8 Å². The van der Waals surface area contributed by atoms with Gasteiger partial charge < -0.3 is 14.2 Å². The van der Waals surface area contributed by atoms with Crippen LogP contribution in [0.15, 0.2) is 47.3 Å². The van der Waals surface area contributed by atoms with E-state index in [4.69, 9.17) is 14.2 Å². The molecule has 0 fully saturated rings. The largest absolute Gasteiger partial charge is 0.492 e. The molecule has 7 nitrogen and oxygen atoms in total. The SMILES string of the molecule is COc1ncc(-c2ccc(Br)cc2CCOc2ccnnc2)c(OC)n1. The maximum Gasteiger partial charge on any atom is 0.319 e. The van der Waals surface area contributed by atoms with Crippen molar-refractivity contribution in [3.05, 3.63) is 52.9 Å². The van der Waals surface area contributed by atoms with Crippen LogP contribution in [0.1, 0.15) is 5.56 Å². The van der Waals surface area contributed by atoms with Crippen LogP contribution in [0.25, 0.3) is 11.1 Å². The van der Waals surface area contributed by atoms with Crippen LogP contribution in [0, 0.1) is 0 Å².